The lowest BCUT2D eigenvalue weighted by Crippen LogP contribution is -2.53. The largest absolute Gasteiger partial charge is 0.461 e. The number of carbonyl (C=O) groups excluding carboxylic acids is 2. The molecule has 252 valence electrons. The van der Waals surface area contributed by atoms with Gasteiger partial charge in [0.25, 0.3) is 0 Å². The Labute approximate surface area is 275 Å². The van der Waals surface area contributed by atoms with Crippen molar-refractivity contribution < 1.29 is 19.1 Å². The SMILES string of the molecule is CCOC(=O)c1[nH]c(C2=NC(c3ccc[nH]3)(c3[nH]c(C(=O)OCC)c(CC)c3CC)C(CC)(CC)C2(CC)CC)c(CC)c1CC. The third-order valence-corrected chi connectivity index (χ3v) is 11.2. The summed E-state index contributed by atoms with van der Waals surface area (Å²) in [7, 11) is 0. The number of ether oxygens (including phenoxy) is 2. The van der Waals surface area contributed by atoms with Gasteiger partial charge in [-0.2, -0.15) is 0 Å². The van der Waals surface area contributed by atoms with Crippen molar-refractivity contribution in [2.45, 2.75) is 126 Å². The predicted molar refractivity (Wildman–Crippen MR) is 185 cm³/mol. The molecule has 0 fully saturated rings. The first-order valence-electron chi connectivity index (χ1n) is 17.7. The zero-order valence-corrected chi connectivity index (χ0v) is 29.9. The number of hydrogen-bond acceptors (Lipinski definition) is 5. The minimum atomic E-state index is -0.867. The highest BCUT2D eigenvalue weighted by Crippen LogP contribution is 2.69. The fourth-order valence-corrected chi connectivity index (χ4v) is 9.24. The molecule has 1 aliphatic heterocycles. The Bertz CT molecular complexity index is 1550. The second kappa shape index (κ2) is 14.1. The average Bonchev–Trinajstić information content (AvgIpc) is 3.85. The van der Waals surface area contributed by atoms with E-state index in [4.69, 9.17) is 14.5 Å². The summed E-state index contributed by atoms with van der Waals surface area (Å²) < 4.78 is 11.1. The van der Waals surface area contributed by atoms with Crippen LogP contribution in [0.5, 0.6) is 0 Å². The lowest BCUT2D eigenvalue weighted by molar-refractivity contribution is 0.0255. The molecular weight excluding hydrogens is 576 g/mol. The third-order valence-electron chi connectivity index (χ3n) is 11.2. The van der Waals surface area contributed by atoms with Gasteiger partial charge in [-0.3, -0.25) is 4.99 Å². The van der Waals surface area contributed by atoms with Crippen LogP contribution in [0.15, 0.2) is 23.3 Å². The van der Waals surface area contributed by atoms with Gasteiger partial charge in [0.15, 0.2) is 0 Å². The molecular formula is C38H56N4O4. The lowest BCUT2D eigenvalue weighted by atomic mass is 9.48. The van der Waals surface area contributed by atoms with E-state index >= 15 is 0 Å². The van der Waals surface area contributed by atoms with Crippen LogP contribution in [-0.4, -0.2) is 45.8 Å². The monoisotopic (exact) mass is 632 g/mol. The van der Waals surface area contributed by atoms with Crippen LogP contribution in [0.25, 0.3) is 0 Å². The summed E-state index contributed by atoms with van der Waals surface area (Å²) in [6.45, 7) is 22.0. The van der Waals surface area contributed by atoms with E-state index in [1.54, 1.807) is 0 Å². The second-order valence-electron chi connectivity index (χ2n) is 12.4. The molecule has 0 spiro atoms. The maximum absolute atomic E-state index is 13.5. The van der Waals surface area contributed by atoms with E-state index < -0.39 is 5.54 Å². The molecule has 1 atom stereocenters. The number of carbonyl (C=O) groups is 2. The first-order chi connectivity index (χ1) is 22.2. The smallest absolute Gasteiger partial charge is 0.355 e. The number of H-pyrrole nitrogens is 3. The molecule has 0 saturated heterocycles. The Morgan fingerprint density at radius 3 is 1.65 bits per heavy atom. The van der Waals surface area contributed by atoms with Gasteiger partial charge in [0.05, 0.1) is 30.3 Å². The van der Waals surface area contributed by atoms with Crippen molar-refractivity contribution in [1.29, 1.82) is 0 Å². The Balaban J connectivity index is 2.26. The summed E-state index contributed by atoms with van der Waals surface area (Å²) in [5.74, 6) is -0.654. The van der Waals surface area contributed by atoms with Gasteiger partial charge < -0.3 is 24.4 Å². The van der Waals surface area contributed by atoms with E-state index in [2.05, 4.69) is 76.4 Å². The summed E-state index contributed by atoms with van der Waals surface area (Å²) in [5, 5.41) is 0. The Morgan fingerprint density at radius 2 is 1.22 bits per heavy atom. The van der Waals surface area contributed by atoms with Crippen LogP contribution in [0.2, 0.25) is 0 Å². The number of nitrogens with one attached hydrogen (secondary N) is 3. The van der Waals surface area contributed by atoms with Crippen molar-refractivity contribution >= 4 is 17.7 Å². The van der Waals surface area contributed by atoms with Crippen LogP contribution in [0.3, 0.4) is 0 Å². The molecule has 3 aromatic rings. The molecule has 46 heavy (non-hydrogen) atoms. The molecule has 0 bridgehead atoms. The normalized spacial score (nSPS) is 18.5. The van der Waals surface area contributed by atoms with Crippen LogP contribution in [-0.2, 0) is 40.7 Å². The van der Waals surface area contributed by atoms with Crippen LogP contribution < -0.4 is 0 Å². The van der Waals surface area contributed by atoms with Crippen LogP contribution >= 0.6 is 0 Å². The Kier molecular flexibility index (Phi) is 10.8. The summed E-state index contributed by atoms with van der Waals surface area (Å²) in [5.41, 5.74) is 7.60. The topological polar surface area (TPSA) is 112 Å². The van der Waals surface area contributed by atoms with E-state index in [1.165, 1.54) is 0 Å². The number of hydrogen-bond donors (Lipinski definition) is 3. The molecule has 0 saturated carbocycles. The zero-order chi connectivity index (χ0) is 33.9. The number of aromatic nitrogens is 3. The highest BCUT2D eigenvalue weighted by molar-refractivity contribution is 6.09. The van der Waals surface area contributed by atoms with Gasteiger partial charge in [-0.05, 0) is 99.6 Å². The molecule has 3 aromatic heterocycles. The molecule has 4 heterocycles. The molecule has 3 N–H and O–H groups in total. The minimum Gasteiger partial charge on any atom is -0.461 e. The molecule has 1 aliphatic rings. The maximum atomic E-state index is 13.5. The second-order valence-corrected chi connectivity index (χ2v) is 12.4. The molecule has 8 heteroatoms. The lowest BCUT2D eigenvalue weighted by Gasteiger charge is -2.53. The van der Waals surface area contributed by atoms with E-state index in [0.717, 1.165) is 83.6 Å². The van der Waals surface area contributed by atoms with Gasteiger partial charge >= 0.3 is 11.9 Å². The predicted octanol–water partition coefficient (Wildman–Crippen LogP) is 8.63. The average molecular weight is 633 g/mol. The molecule has 8 nitrogen and oxygen atoms in total. The Morgan fingerprint density at radius 1 is 0.696 bits per heavy atom. The highest BCUT2D eigenvalue weighted by Gasteiger charge is 2.69. The van der Waals surface area contributed by atoms with Crippen molar-refractivity contribution in [2.75, 3.05) is 13.2 Å². The number of aromatic amines is 3. The molecule has 0 amide bonds. The van der Waals surface area contributed by atoms with Crippen molar-refractivity contribution in [1.82, 2.24) is 15.0 Å². The standard InChI is InChI=1S/C38H56N4O4/c1-11-24-25(12-2)30(34(43)45-19-9)40-29(24)33-36(15-5,16-6)37(17-7,18-8)38(42-33,28-22-21-23-39-28)32-27(14-4)26(13-3)31(41-32)35(44)46-20-10/h21-23,39-41H,11-20H2,1-10H3. The number of esters is 2. The number of nitrogens with zero attached hydrogens (tertiary/aromatic N) is 1. The summed E-state index contributed by atoms with van der Waals surface area (Å²) >= 11 is 0. The quantitative estimate of drug-likeness (QED) is 0.146. The number of aliphatic imine (C=N–C) groups is 1. The third kappa shape index (κ3) is 4.81. The molecule has 0 aromatic carbocycles. The van der Waals surface area contributed by atoms with Gasteiger partial charge in [-0.1, -0.05) is 55.4 Å². The fourth-order valence-electron chi connectivity index (χ4n) is 9.24. The fraction of sp³-hybridized carbons (Fsp3) is 0.605. The van der Waals surface area contributed by atoms with Crippen molar-refractivity contribution in [3.63, 3.8) is 0 Å². The molecule has 0 aliphatic carbocycles. The van der Waals surface area contributed by atoms with Crippen molar-refractivity contribution in [3.05, 3.63) is 69.1 Å². The van der Waals surface area contributed by atoms with Gasteiger partial charge in [-0.25, -0.2) is 9.59 Å². The molecule has 4 rings (SSSR count). The molecule has 0 radical (unpaired) electrons. The maximum Gasteiger partial charge on any atom is 0.355 e. The van der Waals surface area contributed by atoms with Crippen LogP contribution in [0, 0.1) is 10.8 Å². The summed E-state index contributed by atoms with van der Waals surface area (Å²) in [4.78, 5) is 43.7. The van der Waals surface area contributed by atoms with Crippen molar-refractivity contribution in [2.24, 2.45) is 15.8 Å². The van der Waals surface area contributed by atoms with Crippen LogP contribution in [0.4, 0.5) is 0 Å². The van der Waals surface area contributed by atoms with E-state index in [1.807, 2.05) is 26.1 Å². The first kappa shape index (κ1) is 35.3. The van der Waals surface area contributed by atoms with Gasteiger partial charge in [-0.15, -0.1) is 0 Å². The molecule has 1 unspecified atom stereocenters. The van der Waals surface area contributed by atoms with Crippen LogP contribution in [0.1, 0.15) is 155 Å². The summed E-state index contributed by atoms with van der Waals surface area (Å²) in [6, 6.07) is 4.19. The summed E-state index contributed by atoms with van der Waals surface area (Å²) in [6.07, 6.45) is 8.30. The van der Waals surface area contributed by atoms with Gasteiger partial charge in [0.1, 0.15) is 16.9 Å². The number of rotatable bonds is 15. The zero-order valence-electron chi connectivity index (χ0n) is 29.9. The van der Waals surface area contributed by atoms with Gasteiger partial charge in [0.2, 0.25) is 0 Å². The van der Waals surface area contributed by atoms with Crippen molar-refractivity contribution in [3.8, 4) is 0 Å². The van der Waals surface area contributed by atoms with E-state index in [0.29, 0.717) is 37.4 Å². The van der Waals surface area contributed by atoms with Gasteiger partial charge in [0, 0.05) is 22.7 Å². The van der Waals surface area contributed by atoms with E-state index in [9.17, 15) is 9.59 Å². The van der Waals surface area contributed by atoms with E-state index in [-0.39, 0.29) is 22.8 Å². The Hall–Kier alpha value is -3.55. The highest BCUT2D eigenvalue weighted by atomic mass is 16.5. The minimum absolute atomic E-state index is 0.305. The first-order valence-corrected chi connectivity index (χ1v) is 17.7.